The highest BCUT2D eigenvalue weighted by atomic mass is 19.4. The van der Waals surface area contributed by atoms with Crippen LogP contribution < -0.4 is 4.90 Å². The number of aromatic nitrogens is 1. The summed E-state index contributed by atoms with van der Waals surface area (Å²) in [6.45, 7) is -0.305. The van der Waals surface area contributed by atoms with Crippen molar-refractivity contribution in [3.8, 4) is 0 Å². The first-order valence-electron chi connectivity index (χ1n) is 5.36. The molecule has 0 aliphatic heterocycles. The van der Waals surface area contributed by atoms with Crippen LogP contribution >= 0.6 is 0 Å². The van der Waals surface area contributed by atoms with Crippen molar-refractivity contribution in [2.24, 2.45) is 0 Å². The molecule has 1 rings (SSSR count). The van der Waals surface area contributed by atoms with E-state index in [9.17, 15) is 13.2 Å². The molecule has 0 aromatic carbocycles. The van der Waals surface area contributed by atoms with Gasteiger partial charge in [-0.2, -0.15) is 13.2 Å². The molecule has 0 unspecified atom stereocenters. The van der Waals surface area contributed by atoms with Crippen molar-refractivity contribution in [1.29, 1.82) is 0 Å². The van der Waals surface area contributed by atoms with Gasteiger partial charge in [0, 0.05) is 12.7 Å². The van der Waals surface area contributed by atoms with Gasteiger partial charge in [-0.15, -0.1) is 0 Å². The molecule has 4 nitrogen and oxygen atoms in total. The van der Waals surface area contributed by atoms with Crippen LogP contribution in [-0.4, -0.2) is 41.1 Å². The zero-order valence-electron chi connectivity index (χ0n) is 9.91. The van der Waals surface area contributed by atoms with Gasteiger partial charge in [0.25, 0.3) is 0 Å². The SMILES string of the molecule is Cc1cc(CO)cnc1N(CCO)CC(F)(F)F. The van der Waals surface area contributed by atoms with Crippen LogP contribution in [0.5, 0.6) is 0 Å². The fraction of sp³-hybridized carbons (Fsp3) is 0.545. The lowest BCUT2D eigenvalue weighted by atomic mass is 10.2. The first kappa shape index (κ1) is 14.7. The standard InChI is InChI=1S/C11H15F3N2O2/c1-8-4-9(6-18)5-15-10(8)16(2-3-17)7-11(12,13)14/h4-5,17-18H,2-3,6-7H2,1H3. The molecule has 0 bridgehead atoms. The van der Waals surface area contributed by atoms with Crippen molar-refractivity contribution in [3.63, 3.8) is 0 Å². The molecule has 18 heavy (non-hydrogen) atoms. The number of aryl methyl sites for hydroxylation is 1. The summed E-state index contributed by atoms with van der Waals surface area (Å²) in [4.78, 5) is 4.88. The predicted octanol–water partition coefficient (Wildman–Crippen LogP) is 1.24. The number of rotatable bonds is 5. The molecule has 102 valence electrons. The first-order valence-corrected chi connectivity index (χ1v) is 5.36. The number of aliphatic hydroxyl groups is 2. The van der Waals surface area contributed by atoms with E-state index in [1.807, 2.05) is 0 Å². The highest BCUT2D eigenvalue weighted by Gasteiger charge is 2.31. The van der Waals surface area contributed by atoms with Crippen LogP contribution in [0.1, 0.15) is 11.1 Å². The Balaban J connectivity index is 2.98. The maximum Gasteiger partial charge on any atom is 0.405 e. The van der Waals surface area contributed by atoms with E-state index >= 15 is 0 Å². The lowest BCUT2D eigenvalue weighted by Gasteiger charge is -2.25. The quantitative estimate of drug-likeness (QED) is 0.840. The summed E-state index contributed by atoms with van der Waals surface area (Å²) in [5.74, 6) is 0.165. The van der Waals surface area contributed by atoms with Gasteiger partial charge in [-0.1, -0.05) is 0 Å². The molecule has 0 aliphatic carbocycles. The van der Waals surface area contributed by atoms with Crippen LogP contribution in [0.4, 0.5) is 19.0 Å². The third-order valence-electron chi connectivity index (χ3n) is 2.33. The fourth-order valence-corrected chi connectivity index (χ4v) is 1.64. The number of hydrogen-bond acceptors (Lipinski definition) is 4. The van der Waals surface area contributed by atoms with Gasteiger partial charge < -0.3 is 15.1 Å². The predicted molar refractivity (Wildman–Crippen MR) is 60.3 cm³/mol. The molecule has 0 amide bonds. The minimum absolute atomic E-state index is 0.147. The Morgan fingerprint density at radius 1 is 1.33 bits per heavy atom. The average Bonchev–Trinajstić information content (AvgIpc) is 2.26. The Labute approximate surface area is 103 Å². The monoisotopic (exact) mass is 264 g/mol. The fourth-order valence-electron chi connectivity index (χ4n) is 1.64. The smallest absolute Gasteiger partial charge is 0.395 e. The van der Waals surface area contributed by atoms with E-state index in [-0.39, 0.29) is 25.6 Å². The summed E-state index contributed by atoms with van der Waals surface area (Å²) in [6.07, 6.45) is -3.04. The van der Waals surface area contributed by atoms with E-state index in [0.29, 0.717) is 11.1 Å². The highest BCUT2D eigenvalue weighted by molar-refractivity contribution is 5.47. The van der Waals surface area contributed by atoms with Gasteiger partial charge in [0.15, 0.2) is 0 Å². The Kier molecular flexibility index (Phi) is 4.92. The van der Waals surface area contributed by atoms with E-state index in [1.54, 1.807) is 13.0 Å². The largest absolute Gasteiger partial charge is 0.405 e. The van der Waals surface area contributed by atoms with Crippen LogP contribution in [0.25, 0.3) is 0 Å². The first-order chi connectivity index (χ1) is 8.37. The lowest BCUT2D eigenvalue weighted by molar-refractivity contribution is -0.120. The van der Waals surface area contributed by atoms with Crippen molar-refractivity contribution >= 4 is 5.82 Å². The van der Waals surface area contributed by atoms with Gasteiger partial charge in [0.1, 0.15) is 12.4 Å². The number of anilines is 1. The van der Waals surface area contributed by atoms with Crippen LogP contribution in [0.2, 0.25) is 0 Å². The molecule has 1 aromatic rings. The molecule has 0 aliphatic rings. The third kappa shape index (κ3) is 4.15. The molecule has 0 fully saturated rings. The van der Waals surface area contributed by atoms with Gasteiger partial charge >= 0.3 is 6.18 Å². The Bertz CT molecular complexity index is 396. The van der Waals surface area contributed by atoms with E-state index in [1.165, 1.54) is 6.20 Å². The summed E-state index contributed by atoms with van der Waals surface area (Å²) in [7, 11) is 0. The maximum absolute atomic E-state index is 12.4. The molecule has 0 atom stereocenters. The zero-order chi connectivity index (χ0) is 13.8. The number of hydrogen-bond donors (Lipinski definition) is 2. The Morgan fingerprint density at radius 3 is 2.44 bits per heavy atom. The van der Waals surface area contributed by atoms with Crippen molar-refractivity contribution in [1.82, 2.24) is 4.98 Å². The number of halogens is 3. The minimum atomic E-state index is -4.36. The molecule has 7 heteroatoms. The third-order valence-corrected chi connectivity index (χ3v) is 2.33. The normalized spacial score (nSPS) is 11.7. The molecular weight excluding hydrogens is 249 g/mol. The van der Waals surface area contributed by atoms with Crippen LogP contribution in [0.15, 0.2) is 12.3 Å². The van der Waals surface area contributed by atoms with Crippen molar-refractivity contribution in [2.75, 3.05) is 24.6 Å². The molecule has 0 saturated carbocycles. The molecule has 1 heterocycles. The number of alkyl halides is 3. The second-order valence-electron chi connectivity index (χ2n) is 3.90. The molecule has 0 saturated heterocycles. The molecular formula is C11H15F3N2O2. The summed E-state index contributed by atoms with van der Waals surface area (Å²) in [5, 5.41) is 17.7. The topological polar surface area (TPSA) is 56.6 Å². The minimum Gasteiger partial charge on any atom is -0.395 e. The number of nitrogens with zero attached hydrogens (tertiary/aromatic N) is 2. The number of pyridine rings is 1. The summed E-state index contributed by atoms with van der Waals surface area (Å²) in [6, 6.07) is 1.57. The lowest BCUT2D eigenvalue weighted by Crippen LogP contribution is -2.37. The van der Waals surface area contributed by atoms with E-state index < -0.39 is 12.7 Å². The van der Waals surface area contributed by atoms with Crippen LogP contribution in [0, 0.1) is 6.92 Å². The van der Waals surface area contributed by atoms with Crippen LogP contribution in [-0.2, 0) is 6.61 Å². The Morgan fingerprint density at radius 2 is 2.00 bits per heavy atom. The second-order valence-corrected chi connectivity index (χ2v) is 3.90. The van der Waals surface area contributed by atoms with Gasteiger partial charge in [-0.05, 0) is 24.1 Å². The Hall–Kier alpha value is -1.34. The molecule has 0 spiro atoms. The van der Waals surface area contributed by atoms with Crippen LogP contribution in [0.3, 0.4) is 0 Å². The van der Waals surface area contributed by atoms with E-state index in [2.05, 4.69) is 4.98 Å². The van der Waals surface area contributed by atoms with E-state index in [0.717, 1.165) is 4.90 Å². The summed E-state index contributed by atoms with van der Waals surface area (Å²) < 4.78 is 37.2. The molecule has 2 N–H and O–H groups in total. The second kappa shape index (κ2) is 6.01. The molecule has 0 radical (unpaired) electrons. The van der Waals surface area contributed by atoms with Gasteiger partial charge in [-0.25, -0.2) is 4.98 Å². The van der Waals surface area contributed by atoms with Gasteiger partial charge in [0.2, 0.25) is 0 Å². The van der Waals surface area contributed by atoms with Crippen molar-refractivity contribution in [2.45, 2.75) is 19.7 Å². The van der Waals surface area contributed by atoms with Gasteiger partial charge in [-0.3, -0.25) is 0 Å². The van der Waals surface area contributed by atoms with Crippen molar-refractivity contribution < 1.29 is 23.4 Å². The zero-order valence-corrected chi connectivity index (χ0v) is 9.91. The highest BCUT2D eigenvalue weighted by Crippen LogP contribution is 2.23. The summed E-state index contributed by atoms with van der Waals surface area (Å²) >= 11 is 0. The number of aliphatic hydroxyl groups excluding tert-OH is 2. The van der Waals surface area contributed by atoms with E-state index in [4.69, 9.17) is 10.2 Å². The maximum atomic E-state index is 12.4. The summed E-state index contributed by atoms with van der Waals surface area (Å²) in [5.41, 5.74) is 1.06. The average molecular weight is 264 g/mol. The van der Waals surface area contributed by atoms with Gasteiger partial charge in [0.05, 0.1) is 13.2 Å². The molecule has 1 aromatic heterocycles. The van der Waals surface area contributed by atoms with Crippen molar-refractivity contribution in [3.05, 3.63) is 23.4 Å².